The van der Waals surface area contributed by atoms with Gasteiger partial charge in [-0.1, -0.05) is 24.0 Å². The molecule has 2 rings (SSSR count). The van der Waals surface area contributed by atoms with Crippen LogP contribution in [0.25, 0.3) is 0 Å². The van der Waals surface area contributed by atoms with E-state index < -0.39 is 0 Å². The monoisotopic (exact) mass is 389 g/mol. The third-order valence-electron chi connectivity index (χ3n) is 3.02. The Kier molecular flexibility index (Phi) is 7.89. The molecule has 1 aliphatic heterocycles. The maximum Gasteiger partial charge on any atom is 0.311 e. The molecule has 0 aromatic carbocycles. The Bertz CT molecular complexity index is 588. The lowest BCUT2D eigenvalue weighted by Crippen LogP contribution is -2.39. The molecule has 1 aliphatic rings. The van der Waals surface area contributed by atoms with Gasteiger partial charge in [-0.25, -0.2) is 4.98 Å². The predicted octanol–water partition coefficient (Wildman–Crippen LogP) is 1.54. The number of carbonyl (C=O) groups excluding carboxylic acids is 2. The zero-order valence-electron chi connectivity index (χ0n) is 13.3. The topological polar surface area (TPSA) is 80.8 Å². The number of thiocarbonyl (C=S) groups is 1. The fraction of sp³-hybridized carbons (Fsp3) is 0.571. The summed E-state index contributed by atoms with van der Waals surface area (Å²) in [7, 11) is 0. The SMILES string of the molecule is CCOC(=O)Cc1csc(NC(=O)CSC(=S)N2CCOCC2)n1. The van der Waals surface area contributed by atoms with E-state index in [0.717, 1.165) is 13.1 Å². The number of aromatic nitrogens is 1. The van der Waals surface area contributed by atoms with Crippen molar-refractivity contribution in [3.63, 3.8) is 0 Å². The number of thioether (sulfide) groups is 1. The smallest absolute Gasteiger partial charge is 0.311 e. The zero-order chi connectivity index (χ0) is 17.4. The molecule has 1 saturated heterocycles. The molecule has 7 nitrogen and oxygen atoms in total. The van der Waals surface area contributed by atoms with E-state index in [1.807, 2.05) is 4.90 Å². The average molecular weight is 390 g/mol. The molecule has 2 heterocycles. The van der Waals surface area contributed by atoms with E-state index in [9.17, 15) is 9.59 Å². The molecule has 24 heavy (non-hydrogen) atoms. The number of morpholine rings is 1. The van der Waals surface area contributed by atoms with Crippen molar-refractivity contribution in [3.05, 3.63) is 11.1 Å². The summed E-state index contributed by atoms with van der Waals surface area (Å²) in [5, 5.41) is 4.92. The first kappa shape index (κ1) is 19.1. The quantitative estimate of drug-likeness (QED) is 0.580. The molecule has 0 spiro atoms. The maximum atomic E-state index is 12.0. The number of esters is 1. The lowest BCUT2D eigenvalue weighted by Gasteiger charge is -2.28. The Labute approximate surface area is 154 Å². The summed E-state index contributed by atoms with van der Waals surface area (Å²) < 4.78 is 10.8. The molecule has 0 saturated carbocycles. The number of ether oxygens (including phenoxy) is 2. The summed E-state index contributed by atoms with van der Waals surface area (Å²) in [5.74, 6) is -0.275. The molecule has 1 aromatic rings. The number of hydrogen-bond donors (Lipinski definition) is 1. The number of nitrogens with one attached hydrogen (secondary N) is 1. The largest absolute Gasteiger partial charge is 0.466 e. The molecule has 0 bridgehead atoms. The number of anilines is 1. The van der Waals surface area contributed by atoms with Gasteiger partial charge in [-0.05, 0) is 6.92 Å². The third-order valence-corrected chi connectivity index (χ3v) is 5.35. The van der Waals surface area contributed by atoms with E-state index in [1.54, 1.807) is 12.3 Å². The van der Waals surface area contributed by atoms with Gasteiger partial charge in [-0.3, -0.25) is 9.59 Å². The molecule has 1 N–H and O–H groups in total. The highest BCUT2D eigenvalue weighted by Crippen LogP contribution is 2.17. The first-order chi connectivity index (χ1) is 11.6. The number of carbonyl (C=O) groups is 2. The van der Waals surface area contributed by atoms with Crippen LogP contribution in [0.4, 0.5) is 5.13 Å². The fourth-order valence-corrected chi connectivity index (χ4v) is 3.70. The highest BCUT2D eigenvalue weighted by molar-refractivity contribution is 8.23. The molecule has 0 radical (unpaired) electrons. The summed E-state index contributed by atoms with van der Waals surface area (Å²) in [6, 6.07) is 0. The van der Waals surface area contributed by atoms with Crippen molar-refractivity contribution in [1.29, 1.82) is 0 Å². The lowest BCUT2D eigenvalue weighted by molar-refractivity contribution is -0.142. The van der Waals surface area contributed by atoms with Gasteiger partial charge < -0.3 is 19.7 Å². The van der Waals surface area contributed by atoms with Crippen LogP contribution in [0.1, 0.15) is 12.6 Å². The van der Waals surface area contributed by atoms with Gasteiger partial charge in [0.2, 0.25) is 5.91 Å². The Morgan fingerprint density at radius 2 is 2.25 bits per heavy atom. The maximum absolute atomic E-state index is 12.0. The van der Waals surface area contributed by atoms with Crippen molar-refractivity contribution in [3.8, 4) is 0 Å². The second-order valence-corrected chi connectivity index (χ2v) is 7.30. The standard InChI is InChI=1S/C14H19N3O4S3/c1-2-21-12(19)7-10-8-23-13(15-10)16-11(18)9-24-14(22)17-3-5-20-6-4-17/h8H,2-7,9H2,1H3,(H,15,16,18). The summed E-state index contributed by atoms with van der Waals surface area (Å²) in [5.41, 5.74) is 0.588. The van der Waals surface area contributed by atoms with E-state index in [-0.39, 0.29) is 24.1 Å². The summed E-state index contributed by atoms with van der Waals surface area (Å²) in [6.45, 7) is 4.94. The fourth-order valence-electron chi connectivity index (χ4n) is 1.93. The number of hydrogen-bond acceptors (Lipinski definition) is 8. The minimum atomic E-state index is -0.327. The van der Waals surface area contributed by atoms with Gasteiger partial charge in [0.05, 0.1) is 37.7 Å². The van der Waals surface area contributed by atoms with Gasteiger partial charge in [0.15, 0.2) is 5.13 Å². The molecule has 132 valence electrons. The number of nitrogens with zero attached hydrogens (tertiary/aromatic N) is 2. The normalized spacial score (nSPS) is 14.3. The van der Waals surface area contributed by atoms with E-state index in [4.69, 9.17) is 21.7 Å². The first-order valence-corrected chi connectivity index (χ1v) is 9.75. The summed E-state index contributed by atoms with van der Waals surface area (Å²) in [6.07, 6.45) is 0.107. The van der Waals surface area contributed by atoms with Gasteiger partial charge in [-0.15, -0.1) is 11.3 Å². The lowest BCUT2D eigenvalue weighted by atomic mass is 10.3. The highest BCUT2D eigenvalue weighted by Gasteiger charge is 2.16. The van der Waals surface area contributed by atoms with E-state index in [1.165, 1.54) is 23.1 Å². The van der Waals surface area contributed by atoms with Crippen LogP contribution < -0.4 is 5.32 Å². The van der Waals surface area contributed by atoms with Crippen LogP contribution in [0, 0.1) is 0 Å². The van der Waals surface area contributed by atoms with Crippen molar-refractivity contribution in [2.24, 2.45) is 0 Å². The second kappa shape index (κ2) is 9.92. The molecule has 1 aromatic heterocycles. The van der Waals surface area contributed by atoms with Crippen LogP contribution in [-0.2, 0) is 25.5 Å². The Hall–Kier alpha value is -1.23. The van der Waals surface area contributed by atoms with Crippen LogP contribution in [0.5, 0.6) is 0 Å². The third kappa shape index (κ3) is 6.34. The average Bonchev–Trinajstić information content (AvgIpc) is 3.00. The molecule has 1 fully saturated rings. The van der Waals surface area contributed by atoms with Crippen LogP contribution in [0.2, 0.25) is 0 Å². The highest BCUT2D eigenvalue weighted by atomic mass is 32.2. The first-order valence-electron chi connectivity index (χ1n) is 7.47. The number of rotatable bonds is 6. The summed E-state index contributed by atoms with van der Waals surface area (Å²) >= 11 is 7.93. The second-order valence-electron chi connectivity index (χ2n) is 4.83. The van der Waals surface area contributed by atoms with Crippen LogP contribution >= 0.6 is 35.3 Å². The van der Waals surface area contributed by atoms with Crippen molar-refractivity contribution in [2.45, 2.75) is 13.3 Å². The Balaban J connectivity index is 1.73. The van der Waals surface area contributed by atoms with Crippen molar-refractivity contribution in [1.82, 2.24) is 9.88 Å². The minimum absolute atomic E-state index is 0.107. The molecule has 0 unspecified atom stereocenters. The minimum Gasteiger partial charge on any atom is -0.466 e. The molecule has 0 atom stereocenters. The van der Waals surface area contributed by atoms with Crippen molar-refractivity contribution < 1.29 is 19.1 Å². The van der Waals surface area contributed by atoms with Gasteiger partial charge in [0.1, 0.15) is 4.32 Å². The van der Waals surface area contributed by atoms with Crippen molar-refractivity contribution >= 4 is 56.6 Å². The predicted molar refractivity (Wildman–Crippen MR) is 98.5 cm³/mol. The molecule has 1 amide bonds. The molecular weight excluding hydrogens is 370 g/mol. The Morgan fingerprint density at radius 1 is 1.50 bits per heavy atom. The molecule has 10 heteroatoms. The van der Waals surface area contributed by atoms with E-state index >= 15 is 0 Å². The van der Waals surface area contributed by atoms with Crippen molar-refractivity contribution in [2.75, 3.05) is 44.0 Å². The van der Waals surface area contributed by atoms with E-state index in [2.05, 4.69) is 10.3 Å². The van der Waals surface area contributed by atoms with Gasteiger partial charge >= 0.3 is 5.97 Å². The van der Waals surface area contributed by atoms with E-state index in [0.29, 0.717) is 35.0 Å². The van der Waals surface area contributed by atoms with Crippen LogP contribution in [0.3, 0.4) is 0 Å². The van der Waals surface area contributed by atoms with Gasteiger partial charge in [-0.2, -0.15) is 0 Å². The molecule has 0 aliphatic carbocycles. The summed E-state index contributed by atoms with van der Waals surface area (Å²) in [4.78, 5) is 29.6. The van der Waals surface area contributed by atoms with Crippen LogP contribution in [-0.4, -0.2) is 64.7 Å². The van der Waals surface area contributed by atoms with Gasteiger partial charge in [0, 0.05) is 18.5 Å². The molecular formula is C14H19N3O4S3. The Morgan fingerprint density at radius 3 is 2.96 bits per heavy atom. The number of thiazole rings is 1. The van der Waals surface area contributed by atoms with Gasteiger partial charge in [0.25, 0.3) is 0 Å². The van der Waals surface area contributed by atoms with Crippen LogP contribution in [0.15, 0.2) is 5.38 Å². The number of amides is 1. The zero-order valence-corrected chi connectivity index (χ0v) is 15.7.